The molecule has 0 saturated carbocycles. The molecule has 0 fully saturated rings. The van der Waals surface area contributed by atoms with Crippen LogP contribution in [-0.4, -0.2) is 19.3 Å². The predicted octanol–water partition coefficient (Wildman–Crippen LogP) is 0.663. The lowest BCUT2D eigenvalue weighted by Gasteiger charge is -2.03. The van der Waals surface area contributed by atoms with E-state index in [-0.39, 0.29) is 0 Å². The lowest BCUT2D eigenvalue weighted by atomic mass is 9.79. The maximum Gasteiger partial charge on any atom is 0.490 e. The largest absolute Gasteiger partial charge is 0.490 e. The molecule has 0 aliphatic heterocycles. The summed E-state index contributed by atoms with van der Waals surface area (Å²) in [7, 11) is 0.621. The van der Waals surface area contributed by atoms with Crippen molar-refractivity contribution in [1.29, 1.82) is 0 Å². The summed E-state index contributed by atoms with van der Waals surface area (Å²) in [5.74, 6) is 0. The summed E-state index contributed by atoms with van der Waals surface area (Å²) >= 11 is 0. The average molecular weight is 162 g/mol. The van der Waals surface area contributed by atoms with E-state index in [0.29, 0.717) is 0 Å². The van der Waals surface area contributed by atoms with Crippen LogP contribution in [-0.2, 0) is 4.65 Å². The molecule has 0 spiro atoms. The first-order chi connectivity index (χ1) is 5.77. The van der Waals surface area contributed by atoms with Gasteiger partial charge >= 0.3 is 7.12 Å². The highest BCUT2D eigenvalue weighted by atomic mass is 16.5. The van der Waals surface area contributed by atoms with Crippen molar-refractivity contribution in [3.63, 3.8) is 0 Å². The van der Waals surface area contributed by atoms with Crippen LogP contribution >= 0.6 is 0 Å². The van der Waals surface area contributed by atoms with E-state index in [1.54, 1.807) is 12.1 Å². The molecule has 62 valence electrons. The Morgan fingerprint density at radius 2 is 2.33 bits per heavy atom. The molecule has 0 aliphatic rings. The molecule has 1 aromatic rings. The number of hydrogen-bond acceptors (Lipinski definition) is 2. The summed E-state index contributed by atoms with van der Waals surface area (Å²) in [6.07, 6.45) is 1.73. The molecule has 3 heteroatoms. The van der Waals surface area contributed by atoms with Gasteiger partial charge in [0, 0.05) is 7.11 Å². The Hall–Kier alpha value is -1.06. The summed E-state index contributed by atoms with van der Waals surface area (Å²) in [4.78, 5) is 0. The summed E-state index contributed by atoms with van der Waals surface area (Å²) < 4.78 is 4.76. The Kier molecular flexibility index (Phi) is 3.08. The molecule has 0 saturated heterocycles. The van der Waals surface area contributed by atoms with E-state index in [1.165, 1.54) is 7.11 Å². The first-order valence-electron chi connectivity index (χ1n) is 3.71. The molecule has 0 heterocycles. The van der Waals surface area contributed by atoms with Crippen LogP contribution < -0.4 is 5.46 Å². The zero-order valence-corrected chi connectivity index (χ0v) is 7.03. The van der Waals surface area contributed by atoms with Crippen LogP contribution in [0.2, 0.25) is 0 Å². The first kappa shape index (κ1) is 9.04. The van der Waals surface area contributed by atoms with E-state index in [2.05, 4.69) is 6.58 Å². The monoisotopic (exact) mass is 162 g/mol. The van der Waals surface area contributed by atoms with Crippen molar-refractivity contribution in [3.8, 4) is 0 Å². The Bertz CT molecular complexity index is 273. The van der Waals surface area contributed by atoms with Crippen LogP contribution in [0.4, 0.5) is 0 Å². The van der Waals surface area contributed by atoms with Crippen LogP contribution in [0.25, 0.3) is 6.08 Å². The van der Waals surface area contributed by atoms with Crippen molar-refractivity contribution in [2.45, 2.75) is 0 Å². The topological polar surface area (TPSA) is 29.5 Å². The average Bonchev–Trinajstić information content (AvgIpc) is 2.17. The standard InChI is InChI=1S/C9H11BO2/c1-3-8-5-4-6-9(7-8)10(11)12-2/h3-7,11H,1H2,2H3. The quantitative estimate of drug-likeness (QED) is 0.661. The van der Waals surface area contributed by atoms with Crippen molar-refractivity contribution in [2.75, 3.05) is 7.11 Å². The molecule has 0 atom stereocenters. The summed E-state index contributed by atoms with van der Waals surface area (Å²) in [5.41, 5.74) is 1.72. The van der Waals surface area contributed by atoms with Gasteiger partial charge in [-0.1, -0.05) is 36.9 Å². The third kappa shape index (κ3) is 1.97. The molecule has 0 aliphatic carbocycles. The number of rotatable bonds is 3. The maximum atomic E-state index is 9.29. The highest BCUT2D eigenvalue weighted by Gasteiger charge is 2.13. The van der Waals surface area contributed by atoms with E-state index >= 15 is 0 Å². The Morgan fingerprint density at radius 3 is 2.92 bits per heavy atom. The van der Waals surface area contributed by atoms with Crippen molar-refractivity contribution in [1.82, 2.24) is 0 Å². The first-order valence-corrected chi connectivity index (χ1v) is 3.71. The molecule has 0 radical (unpaired) electrons. The SMILES string of the molecule is C=Cc1cccc(B(O)OC)c1. The van der Waals surface area contributed by atoms with Gasteiger partial charge in [-0.15, -0.1) is 0 Å². The van der Waals surface area contributed by atoms with Crippen LogP contribution in [0.15, 0.2) is 30.8 Å². The minimum atomic E-state index is -0.843. The van der Waals surface area contributed by atoms with Gasteiger partial charge in [-0.25, -0.2) is 0 Å². The second-order valence-corrected chi connectivity index (χ2v) is 2.46. The smallest absolute Gasteiger partial charge is 0.423 e. The van der Waals surface area contributed by atoms with E-state index in [4.69, 9.17) is 4.65 Å². The van der Waals surface area contributed by atoms with Gasteiger partial charge < -0.3 is 9.68 Å². The molecule has 0 amide bonds. The normalized spacial score (nSPS) is 9.50. The minimum absolute atomic E-state index is 0.745. The lowest BCUT2D eigenvalue weighted by Crippen LogP contribution is -2.32. The van der Waals surface area contributed by atoms with Crippen molar-refractivity contribution >= 4 is 18.7 Å². The molecule has 2 nitrogen and oxygen atoms in total. The van der Waals surface area contributed by atoms with Crippen molar-refractivity contribution in [2.24, 2.45) is 0 Å². The second kappa shape index (κ2) is 4.09. The van der Waals surface area contributed by atoms with Crippen molar-refractivity contribution in [3.05, 3.63) is 36.4 Å². The summed E-state index contributed by atoms with van der Waals surface area (Å²) in [6.45, 7) is 3.63. The Labute approximate surface area is 72.6 Å². The second-order valence-electron chi connectivity index (χ2n) is 2.46. The molecule has 1 aromatic carbocycles. The summed E-state index contributed by atoms with van der Waals surface area (Å²) in [5, 5.41) is 9.29. The molecule has 0 unspecified atom stereocenters. The molecule has 1 rings (SSSR count). The maximum absolute atomic E-state index is 9.29. The summed E-state index contributed by atoms with van der Waals surface area (Å²) in [6, 6.07) is 7.41. The van der Waals surface area contributed by atoms with Gasteiger partial charge in [-0.3, -0.25) is 0 Å². The Balaban J connectivity index is 2.93. The molecule has 0 bridgehead atoms. The van der Waals surface area contributed by atoms with Crippen LogP contribution in [0.1, 0.15) is 5.56 Å². The van der Waals surface area contributed by atoms with Crippen molar-refractivity contribution < 1.29 is 9.68 Å². The van der Waals surface area contributed by atoms with Gasteiger partial charge in [-0.05, 0) is 11.0 Å². The van der Waals surface area contributed by atoms with Crippen LogP contribution in [0.3, 0.4) is 0 Å². The Morgan fingerprint density at radius 1 is 1.58 bits per heavy atom. The highest BCUT2D eigenvalue weighted by Crippen LogP contribution is 1.98. The fraction of sp³-hybridized carbons (Fsp3) is 0.111. The number of benzene rings is 1. The third-order valence-corrected chi connectivity index (χ3v) is 1.65. The van der Waals surface area contributed by atoms with Gasteiger partial charge in [0.15, 0.2) is 0 Å². The predicted molar refractivity (Wildman–Crippen MR) is 51.1 cm³/mol. The van der Waals surface area contributed by atoms with E-state index in [0.717, 1.165) is 11.0 Å². The zero-order chi connectivity index (χ0) is 8.97. The van der Waals surface area contributed by atoms with E-state index in [9.17, 15) is 5.02 Å². The fourth-order valence-corrected chi connectivity index (χ4v) is 0.976. The van der Waals surface area contributed by atoms with E-state index in [1.807, 2.05) is 18.2 Å². The van der Waals surface area contributed by atoms with Gasteiger partial charge in [0.1, 0.15) is 0 Å². The van der Waals surface area contributed by atoms with Gasteiger partial charge in [0.25, 0.3) is 0 Å². The number of hydrogen-bond donors (Lipinski definition) is 1. The highest BCUT2D eigenvalue weighted by molar-refractivity contribution is 6.59. The molecular weight excluding hydrogens is 151 g/mol. The molecular formula is C9H11BO2. The van der Waals surface area contributed by atoms with Crippen LogP contribution in [0.5, 0.6) is 0 Å². The molecule has 12 heavy (non-hydrogen) atoms. The molecule has 1 N–H and O–H groups in total. The van der Waals surface area contributed by atoms with Gasteiger partial charge in [-0.2, -0.15) is 0 Å². The zero-order valence-electron chi connectivity index (χ0n) is 7.03. The van der Waals surface area contributed by atoms with Crippen LogP contribution in [0, 0.1) is 0 Å². The fourth-order valence-electron chi connectivity index (χ4n) is 0.976. The molecule has 0 aromatic heterocycles. The van der Waals surface area contributed by atoms with E-state index < -0.39 is 7.12 Å². The minimum Gasteiger partial charge on any atom is -0.423 e. The van der Waals surface area contributed by atoms with Gasteiger partial charge in [0.2, 0.25) is 0 Å². The third-order valence-electron chi connectivity index (χ3n) is 1.65. The van der Waals surface area contributed by atoms with Gasteiger partial charge in [0.05, 0.1) is 0 Å². The lowest BCUT2D eigenvalue weighted by molar-refractivity contribution is 0.341.